The number of likely N-dealkylation sites (tertiary alicyclic amines) is 2. The molecule has 3 aliphatic heterocycles. The van der Waals surface area contributed by atoms with Gasteiger partial charge in [0.15, 0.2) is 0 Å². The number of fused-ring (bicyclic) bond motifs is 1. The van der Waals surface area contributed by atoms with Crippen LogP contribution in [0.2, 0.25) is 0 Å². The number of hydrogen-bond acceptors (Lipinski definition) is 7. The maximum Gasteiger partial charge on any atom is 0.410 e. The summed E-state index contributed by atoms with van der Waals surface area (Å²) >= 11 is 0. The number of nitrogens with one attached hydrogen (secondary N) is 1. The van der Waals surface area contributed by atoms with E-state index in [9.17, 15) is 9.59 Å². The van der Waals surface area contributed by atoms with Crippen molar-refractivity contribution in [2.24, 2.45) is 16.6 Å². The monoisotopic (exact) mass is 702 g/mol. The van der Waals surface area contributed by atoms with Crippen LogP contribution in [0, 0.1) is 5.92 Å². The second kappa shape index (κ2) is 13.9. The van der Waals surface area contributed by atoms with Gasteiger partial charge in [0, 0.05) is 31.4 Å². The molecule has 0 saturated carbocycles. The fraction of sp³-hybridized carbons (Fsp3) is 0.429. The highest BCUT2D eigenvalue weighted by molar-refractivity contribution is 6.03. The van der Waals surface area contributed by atoms with E-state index in [1.807, 2.05) is 58.8 Å². The van der Waals surface area contributed by atoms with Gasteiger partial charge in [0.05, 0.1) is 24.0 Å². The molecule has 2 saturated heterocycles. The molecule has 7 rings (SSSR count). The van der Waals surface area contributed by atoms with Gasteiger partial charge in [-0.3, -0.25) is 14.8 Å². The lowest BCUT2D eigenvalue weighted by atomic mass is 9.95. The zero-order valence-corrected chi connectivity index (χ0v) is 31.1. The van der Waals surface area contributed by atoms with Crippen LogP contribution in [0.25, 0.3) is 38.7 Å². The number of aliphatic imine (C=N–C) groups is 1. The molecule has 0 radical (unpaired) electrons. The number of hydrogen-bond donors (Lipinski definition) is 2. The van der Waals surface area contributed by atoms with Crippen molar-refractivity contribution in [3.05, 3.63) is 84.4 Å². The van der Waals surface area contributed by atoms with Gasteiger partial charge >= 0.3 is 12.2 Å². The largest absolute Gasteiger partial charge is 0.444 e. The number of amides is 2. The Bertz CT molecular complexity index is 2030. The third-order valence-electron chi connectivity index (χ3n) is 10.0. The summed E-state index contributed by atoms with van der Waals surface area (Å²) in [6.07, 6.45) is 6.54. The number of nitrogens with zero attached hydrogens (tertiary/aromatic N) is 4. The van der Waals surface area contributed by atoms with E-state index in [0.717, 1.165) is 75.9 Å². The average Bonchev–Trinajstić information content (AvgIpc) is 3.92. The topological polar surface area (TPSA) is 126 Å². The van der Waals surface area contributed by atoms with Crippen molar-refractivity contribution in [2.45, 2.75) is 90.5 Å². The number of carbonyl (C=O) groups is 2. The highest BCUT2D eigenvalue weighted by atomic mass is 16.6. The van der Waals surface area contributed by atoms with Gasteiger partial charge in [0.2, 0.25) is 0 Å². The Kier molecular flexibility index (Phi) is 9.46. The summed E-state index contributed by atoms with van der Waals surface area (Å²) in [6.45, 7) is 13.1. The number of imidazole rings is 1. The molecule has 0 unspecified atom stereocenters. The highest BCUT2D eigenvalue weighted by Gasteiger charge is 2.40. The Hall–Kier alpha value is -4.96. The van der Waals surface area contributed by atoms with Gasteiger partial charge in [-0.2, -0.15) is 0 Å². The Morgan fingerprint density at radius 1 is 0.827 bits per heavy atom. The predicted octanol–water partition coefficient (Wildman–Crippen LogP) is 8.74. The number of ether oxygens (including phenoxy) is 2. The molecule has 4 heterocycles. The molecule has 4 aromatic rings. The zero-order chi connectivity index (χ0) is 36.8. The number of H-pyrrole nitrogens is 1. The minimum atomic E-state index is -0.579. The van der Waals surface area contributed by atoms with Crippen molar-refractivity contribution < 1.29 is 19.1 Å². The van der Waals surface area contributed by atoms with E-state index in [1.54, 1.807) is 4.90 Å². The molecule has 52 heavy (non-hydrogen) atoms. The Morgan fingerprint density at radius 2 is 1.44 bits per heavy atom. The van der Waals surface area contributed by atoms with Crippen LogP contribution in [0.1, 0.15) is 84.7 Å². The van der Waals surface area contributed by atoms with E-state index in [0.29, 0.717) is 19.6 Å². The van der Waals surface area contributed by atoms with Crippen molar-refractivity contribution in [2.75, 3.05) is 19.6 Å². The molecule has 3 atom stereocenters. The summed E-state index contributed by atoms with van der Waals surface area (Å²) in [5.41, 5.74) is 12.4. The smallest absolute Gasteiger partial charge is 0.410 e. The average molecular weight is 703 g/mol. The lowest BCUT2D eigenvalue weighted by Crippen LogP contribution is -2.43. The standard InChI is InChI=1S/C42H50N6O4/c1-41(2,3)51-39(49)47-17-7-8-36(47)34-21-33(23-44-34)32-16-15-30-19-29(13-14-31(30)20-32)27-9-11-28(12-10-27)35-24-45-38(46-35)37-18-26(22-43)25-48(37)40(50)52-42(4,5)6/h9-16,19-20,23-24,26,36-37H,7-8,17-18,21-22,25,43H2,1-6H3,(H,45,46)/t26-,36+,37+/m1/s1. The molecule has 3 N–H and O–H groups in total. The quantitative estimate of drug-likeness (QED) is 0.207. The fourth-order valence-electron chi connectivity index (χ4n) is 7.48. The van der Waals surface area contributed by atoms with Crippen molar-refractivity contribution in [1.82, 2.24) is 19.8 Å². The fourth-order valence-corrected chi connectivity index (χ4v) is 7.48. The number of aromatic amines is 1. The third-order valence-corrected chi connectivity index (χ3v) is 10.0. The first-order chi connectivity index (χ1) is 24.7. The summed E-state index contributed by atoms with van der Waals surface area (Å²) in [5, 5.41) is 2.33. The molecular weight excluding hydrogens is 652 g/mol. The van der Waals surface area contributed by atoms with Crippen LogP contribution < -0.4 is 5.73 Å². The molecule has 10 heteroatoms. The van der Waals surface area contributed by atoms with Gasteiger partial charge in [-0.1, -0.05) is 48.5 Å². The minimum absolute atomic E-state index is 0.0146. The second-order valence-electron chi connectivity index (χ2n) is 16.3. The molecule has 1 aromatic heterocycles. The molecule has 2 amide bonds. The molecule has 3 aromatic carbocycles. The zero-order valence-electron chi connectivity index (χ0n) is 31.1. The van der Waals surface area contributed by atoms with Gasteiger partial charge < -0.3 is 20.2 Å². The van der Waals surface area contributed by atoms with E-state index in [2.05, 4.69) is 65.6 Å². The summed E-state index contributed by atoms with van der Waals surface area (Å²) in [7, 11) is 0. The van der Waals surface area contributed by atoms with Crippen LogP contribution in [0.4, 0.5) is 9.59 Å². The number of nitrogens with two attached hydrogens (primary N) is 1. The molecule has 0 aliphatic carbocycles. The predicted molar refractivity (Wildman–Crippen MR) is 206 cm³/mol. The summed E-state index contributed by atoms with van der Waals surface area (Å²) in [5.74, 6) is 0.938. The van der Waals surface area contributed by atoms with Crippen LogP contribution in [0.5, 0.6) is 0 Å². The highest BCUT2D eigenvalue weighted by Crippen LogP contribution is 2.37. The number of rotatable bonds is 6. The van der Waals surface area contributed by atoms with Crippen LogP contribution in [0.15, 0.2) is 78.1 Å². The van der Waals surface area contributed by atoms with Gasteiger partial charge in [-0.05, 0) is 124 Å². The molecule has 3 aliphatic rings. The van der Waals surface area contributed by atoms with E-state index in [-0.39, 0.29) is 30.2 Å². The summed E-state index contributed by atoms with van der Waals surface area (Å²) in [6, 6.07) is 21.4. The molecule has 0 bridgehead atoms. The van der Waals surface area contributed by atoms with Crippen molar-refractivity contribution in [3.63, 3.8) is 0 Å². The second-order valence-corrected chi connectivity index (χ2v) is 16.3. The first kappa shape index (κ1) is 35.4. The number of carbonyl (C=O) groups excluding carboxylic acids is 2. The molecule has 272 valence electrons. The number of allylic oxidation sites excluding steroid dienone is 1. The maximum atomic E-state index is 13.0. The third kappa shape index (κ3) is 7.62. The SMILES string of the molecule is CC(C)(C)OC(=O)N1CCC[C@H]1C1=NC=C(c2ccc3cc(-c4ccc(-c5cnc([C@@H]6C[C@H](CN)CN6C(=O)OC(C)(C)C)[nH]5)cc4)ccc3c2)C1. The number of benzene rings is 3. The lowest BCUT2D eigenvalue weighted by Gasteiger charge is -2.28. The first-order valence-corrected chi connectivity index (χ1v) is 18.4. The lowest BCUT2D eigenvalue weighted by molar-refractivity contribution is 0.0212. The van der Waals surface area contributed by atoms with Crippen LogP contribution in [0.3, 0.4) is 0 Å². The van der Waals surface area contributed by atoms with Crippen LogP contribution >= 0.6 is 0 Å². The summed E-state index contributed by atoms with van der Waals surface area (Å²) < 4.78 is 11.4. The van der Waals surface area contributed by atoms with Crippen LogP contribution in [-0.4, -0.2) is 74.5 Å². The van der Waals surface area contributed by atoms with E-state index in [1.165, 1.54) is 5.57 Å². The Labute approximate surface area is 306 Å². The Morgan fingerprint density at radius 3 is 2.12 bits per heavy atom. The Balaban J connectivity index is 1.01. The van der Waals surface area contributed by atoms with Crippen molar-refractivity contribution >= 4 is 34.2 Å². The summed E-state index contributed by atoms with van der Waals surface area (Å²) in [4.78, 5) is 42.5. The molecule has 10 nitrogen and oxygen atoms in total. The van der Waals surface area contributed by atoms with Gasteiger partial charge in [0.25, 0.3) is 0 Å². The molecular formula is C42H50N6O4. The number of aromatic nitrogens is 2. The molecule has 2 fully saturated rings. The minimum Gasteiger partial charge on any atom is -0.444 e. The van der Waals surface area contributed by atoms with E-state index >= 15 is 0 Å². The van der Waals surface area contributed by atoms with Gasteiger partial charge in [0.1, 0.15) is 17.0 Å². The molecule has 0 spiro atoms. The van der Waals surface area contributed by atoms with E-state index in [4.69, 9.17) is 25.2 Å². The van der Waals surface area contributed by atoms with E-state index < -0.39 is 11.2 Å². The normalized spacial score (nSPS) is 20.7. The van der Waals surface area contributed by atoms with Gasteiger partial charge in [-0.25, -0.2) is 14.6 Å². The first-order valence-electron chi connectivity index (χ1n) is 18.4. The van der Waals surface area contributed by atoms with Crippen molar-refractivity contribution in [1.29, 1.82) is 0 Å². The van der Waals surface area contributed by atoms with Crippen molar-refractivity contribution in [3.8, 4) is 22.4 Å². The van der Waals surface area contributed by atoms with Crippen LogP contribution in [-0.2, 0) is 9.47 Å². The maximum absolute atomic E-state index is 13.0. The van der Waals surface area contributed by atoms with Gasteiger partial charge in [-0.15, -0.1) is 0 Å².